The van der Waals surface area contributed by atoms with E-state index in [1.165, 1.54) is 6.20 Å². The van der Waals surface area contributed by atoms with Crippen LogP contribution in [0.3, 0.4) is 0 Å². The van der Waals surface area contributed by atoms with Gasteiger partial charge < -0.3 is 15.3 Å². The maximum atomic E-state index is 11.8. The number of carboxylic acids is 1. The molecule has 1 aliphatic rings. The van der Waals surface area contributed by atoms with Gasteiger partial charge in [0.25, 0.3) is 0 Å². The summed E-state index contributed by atoms with van der Waals surface area (Å²) in [5, 5.41) is 20.4. The molecule has 1 fully saturated rings. The summed E-state index contributed by atoms with van der Waals surface area (Å²) in [5.41, 5.74) is 0.421. The number of aliphatic carboxylic acids is 1. The summed E-state index contributed by atoms with van der Waals surface area (Å²) in [6, 6.07) is 4.30. The summed E-state index contributed by atoms with van der Waals surface area (Å²) in [4.78, 5) is 28.3. The molecular weight excluding hydrogens is 248 g/mol. The molecule has 7 nitrogen and oxygen atoms in total. The van der Waals surface area contributed by atoms with Crippen LogP contribution < -0.4 is 10.2 Å². The predicted molar refractivity (Wildman–Crippen MR) is 65.3 cm³/mol. The van der Waals surface area contributed by atoms with E-state index >= 15 is 0 Å². The van der Waals surface area contributed by atoms with Crippen molar-refractivity contribution in [2.24, 2.45) is 0 Å². The third kappa shape index (κ3) is 2.80. The highest BCUT2D eigenvalue weighted by atomic mass is 16.4. The minimum absolute atomic E-state index is 0.301. The van der Waals surface area contributed by atoms with Crippen LogP contribution >= 0.6 is 0 Å². The number of nitrogens with one attached hydrogen (secondary N) is 1. The molecule has 1 aliphatic heterocycles. The Morgan fingerprint density at radius 2 is 2.47 bits per heavy atom. The molecule has 1 unspecified atom stereocenters. The monoisotopic (exact) mass is 260 g/mol. The van der Waals surface area contributed by atoms with Crippen molar-refractivity contribution in [3.8, 4) is 6.07 Å². The summed E-state index contributed by atoms with van der Waals surface area (Å²) in [6.45, 7) is 0.888. The number of carbonyl (C=O) groups is 2. The van der Waals surface area contributed by atoms with Gasteiger partial charge >= 0.3 is 5.97 Å². The molecule has 0 aliphatic carbocycles. The van der Waals surface area contributed by atoms with E-state index in [9.17, 15) is 9.59 Å². The lowest BCUT2D eigenvalue weighted by Gasteiger charge is -2.35. The standard InChI is InChI=1S/C12H12N4O3/c13-7-8-1-2-14-10(5-8)16-4-3-15-12(19)9(16)6-11(17)18/h1-2,5,9H,3-4,6H2,(H,15,19)(H,17,18). The summed E-state index contributed by atoms with van der Waals surface area (Å²) in [5.74, 6) is -0.943. The number of piperazine rings is 1. The topological polar surface area (TPSA) is 106 Å². The zero-order valence-corrected chi connectivity index (χ0v) is 10.0. The molecule has 7 heteroatoms. The van der Waals surface area contributed by atoms with Crippen LogP contribution in [0.1, 0.15) is 12.0 Å². The quantitative estimate of drug-likeness (QED) is 0.775. The smallest absolute Gasteiger partial charge is 0.305 e. The first-order valence-corrected chi connectivity index (χ1v) is 5.74. The van der Waals surface area contributed by atoms with Crippen molar-refractivity contribution in [3.05, 3.63) is 23.9 Å². The van der Waals surface area contributed by atoms with Gasteiger partial charge in [0.15, 0.2) is 0 Å². The lowest BCUT2D eigenvalue weighted by Crippen LogP contribution is -2.56. The highest BCUT2D eigenvalue weighted by molar-refractivity contribution is 5.90. The van der Waals surface area contributed by atoms with Gasteiger partial charge in [-0.05, 0) is 12.1 Å². The summed E-state index contributed by atoms with van der Waals surface area (Å²) < 4.78 is 0. The van der Waals surface area contributed by atoms with Crippen LogP contribution in [0, 0.1) is 11.3 Å². The molecule has 0 saturated carbocycles. The average Bonchev–Trinajstić information content (AvgIpc) is 2.40. The van der Waals surface area contributed by atoms with Crippen LogP contribution in [-0.2, 0) is 9.59 Å². The molecule has 2 heterocycles. The van der Waals surface area contributed by atoms with Crippen molar-refractivity contribution in [1.29, 1.82) is 5.26 Å². The van der Waals surface area contributed by atoms with Gasteiger partial charge in [-0.1, -0.05) is 0 Å². The van der Waals surface area contributed by atoms with Gasteiger partial charge in [-0.25, -0.2) is 4.98 Å². The van der Waals surface area contributed by atoms with Crippen molar-refractivity contribution in [2.45, 2.75) is 12.5 Å². The van der Waals surface area contributed by atoms with E-state index in [4.69, 9.17) is 10.4 Å². The molecular formula is C12H12N4O3. The van der Waals surface area contributed by atoms with E-state index in [2.05, 4.69) is 10.3 Å². The highest BCUT2D eigenvalue weighted by Gasteiger charge is 2.32. The SMILES string of the molecule is N#Cc1ccnc(N2CCNC(=O)C2CC(=O)O)c1. The fraction of sp³-hybridized carbons (Fsp3) is 0.333. The van der Waals surface area contributed by atoms with Crippen molar-refractivity contribution >= 4 is 17.7 Å². The van der Waals surface area contributed by atoms with Gasteiger partial charge in [0.05, 0.1) is 18.1 Å². The van der Waals surface area contributed by atoms with Crippen molar-refractivity contribution in [2.75, 3.05) is 18.0 Å². The second kappa shape index (κ2) is 5.35. The fourth-order valence-electron chi connectivity index (χ4n) is 2.00. The maximum Gasteiger partial charge on any atom is 0.305 e. The Kier molecular flexibility index (Phi) is 3.61. The third-order valence-electron chi connectivity index (χ3n) is 2.87. The summed E-state index contributed by atoms with van der Waals surface area (Å²) in [7, 11) is 0. The molecule has 0 radical (unpaired) electrons. The number of nitrogens with zero attached hydrogens (tertiary/aromatic N) is 3. The van der Waals surface area contributed by atoms with Gasteiger partial charge in [-0.2, -0.15) is 5.26 Å². The average molecular weight is 260 g/mol. The first-order chi connectivity index (χ1) is 9.11. The largest absolute Gasteiger partial charge is 0.481 e. The molecule has 98 valence electrons. The molecule has 1 aromatic rings. The van der Waals surface area contributed by atoms with Crippen LogP contribution in [0.2, 0.25) is 0 Å². The van der Waals surface area contributed by atoms with Crippen LogP contribution in [-0.4, -0.2) is 41.1 Å². The van der Waals surface area contributed by atoms with E-state index < -0.39 is 12.0 Å². The number of anilines is 1. The van der Waals surface area contributed by atoms with E-state index in [-0.39, 0.29) is 12.3 Å². The Balaban J connectivity index is 2.31. The van der Waals surface area contributed by atoms with Gasteiger partial charge in [0.1, 0.15) is 11.9 Å². The Labute approximate surface area is 109 Å². The van der Waals surface area contributed by atoms with Crippen LogP contribution in [0.5, 0.6) is 0 Å². The number of rotatable bonds is 3. The second-order valence-corrected chi connectivity index (χ2v) is 4.11. The molecule has 1 saturated heterocycles. The molecule has 0 aromatic carbocycles. The first-order valence-electron chi connectivity index (χ1n) is 5.74. The number of carboxylic acid groups (broad SMARTS) is 1. The lowest BCUT2D eigenvalue weighted by molar-refractivity contribution is -0.139. The first kappa shape index (κ1) is 12.8. The molecule has 19 heavy (non-hydrogen) atoms. The van der Waals surface area contributed by atoms with Crippen LogP contribution in [0.25, 0.3) is 0 Å². The number of carbonyl (C=O) groups excluding carboxylic acids is 1. The zero-order valence-electron chi connectivity index (χ0n) is 10.0. The minimum atomic E-state index is -1.05. The number of aromatic nitrogens is 1. The molecule has 2 rings (SSSR count). The minimum Gasteiger partial charge on any atom is -0.481 e. The van der Waals surface area contributed by atoms with Gasteiger partial charge in [-0.3, -0.25) is 9.59 Å². The molecule has 1 amide bonds. The summed E-state index contributed by atoms with van der Waals surface area (Å²) in [6.07, 6.45) is 1.17. The Morgan fingerprint density at radius 3 is 3.16 bits per heavy atom. The molecule has 1 atom stereocenters. The lowest BCUT2D eigenvalue weighted by atomic mass is 10.1. The molecule has 0 bridgehead atoms. The second-order valence-electron chi connectivity index (χ2n) is 4.11. The van der Waals surface area contributed by atoms with Gasteiger partial charge in [0.2, 0.25) is 5.91 Å². The number of nitriles is 1. The van der Waals surface area contributed by atoms with E-state index in [1.807, 2.05) is 6.07 Å². The highest BCUT2D eigenvalue weighted by Crippen LogP contribution is 2.19. The van der Waals surface area contributed by atoms with Gasteiger partial charge in [-0.15, -0.1) is 0 Å². The van der Waals surface area contributed by atoms with E-state index in [0.717, 1.165) is 0 Å². The predicted octanol–water partition coefficient (Wildman–Crippen LogP) is -0.267. The Hall–Kier alpha value is -2.62. The van der Waals surface area contributed by atoms with Crippen molar-refractivity contribution < 1.29 is 14.7 Å². The van der Waals surface area contributed by atoms with Crippen molar-refractivity contribution in [1.82, 2.24) is 10.3 Å². The van der Waals surface area contributed by atoms with Crippen LogP contribution in [0.15, 0.2) is 18.3 Å². The number of pyridine rings is 1. The van der Waals surface area contributed by atoms with E-state index in [1.54, 1.807) is 17.0 Å². The Bertz CT molecular complexity index is 552. The number of amides is 1. The third-order valence-corrected chi connectivity index (χ3v) is 2.87. The van der Waals surface area contributed by atoms with Crippen molar-refractivity contribution in [3.63, 3.8) is 0 Å². The van der Waals surface area contributed by atoms with Crippen LogP contribution in [0.4, 0.5) is 5.82 Å². The van der Waals surface area contributed by atoms with Gasteiger partial charge in [0, 0.05) is 19.3 Å². The maximum absolute atomic E-state index is 11.8. The fourth-order valence-corrected chi connectivity index (χ4v) is 2.00. The molecule has 2 N–H and O–H groups in total. The normalized spacial score (nSPS) is 18.6. The van der Waals surface area contributed by atoms with E-state index in [0.29, 0.717) is 24.5 Å². The molecule has 0 spiro atoms. The molecule has 1 aromatic heterocycles. The Morgan fingerprint density at radius 1 is 1.68 bits per heavy atom. The summed E-state index contributed by atoms with van der Waals surface area (Å²) >= 11 is 0. The number of hydrogen-bond donors (Lipinski definition) is 2. The number of hydrogen-bond acceptors (Lipinski definition) is 5. The zero-order chi connectivity index (χ0) is 13.8.